The first kappa shape index (κ1) is 14.9. The van der Waals surface area contributed by atoms with Crippen molar-refractivity contribution in [2.24, 2.45) is 0 Å². The standard InChI is InChI=1S/C14H25N3O/c1-2-3-4-5-6-7-8-9-10-11-14(18)17-13-12-15-16-17/h12-13H,2-11H2,1H3. The molecule has 1 aromatic heterocycles. The molecule has 0 bridgehead atoms. The molecule has 0 aromatic carbocycles. The number of hydrogen-bond acceptors (Lipinski definition) is 3. The van der Waals surface area contributed by atoms with Gasteiger partial charge < -0.3 is 0 Å². The molecule has 0 atom stereocenters. The Kier molecular flexibility index (Phi) is 8.10. The van der Waals surface area contributed by atoms with E-state index in [-0.39, 0.29) is 5.91 Å². The van der Waals surface area contributed by atoms with Crippen LogP contribution in [0.4, 0.5) is 0 Å². The summed E-state index contributed by atoms with van der Waals surface area (Å²) >= 11 is 0. The van der Waals surface area contributed by atoms with E-state index in [0.717, 1.165) is 12.8 Å². The lowest BCUT2D eigenvalue weighted by atomic mass is 10.1. The summed E-state index contributed by atoms with van der Waals surface area (Å²) in [6.07, 6.45) is 15.2. The second-order valence-electron chi connectivity index (χ2n) is 4.82. The van der Waals surface area contributed by atoms with Gasteiger partial charge >= 0.3 is 0 Å². The highest BCUT2D eigenvalue weighted by atomic mass is 16.2. The van der Waals surface area contributed by atoms with Crippen LogP contribution in [-0.2, 0) is 0 Å². The van der Waals surface area contributed by atoms with E-state index in [1.807, 2.05) is 0 Å². The van der Waals surface area contributed by atoms with E-state index >= 15 is 0 Å². The van der Waals surface area contributed by atoms with Crippen molar-refractivity contribution in [2.45, 2.75) is 71.1 Å². The van der Waals surface area contributed by atoms with Crippen LogP contribution in [0.5, 0.6) is 0 Å². The molecule has 4 nitrogen and oxygen atoms in total. The average molecular weight is 251 g/mol. The quantitative estimate of drug-likeness (QED) is 0.594. The minimum Gasteiger partial charge on any atom is -0.273 e. The van der Waals surface area contributed by atoms with Crippen LogP contribution in [0.2, 0.25) is 0 Å². The Morgan fingerprint density at radius 2 is 1.61 bits per heavy atom. The summed E-state index contributed by atoms with van der Waals surface area (Å²) in [6.45, 7) is 2.24. The molecule has 1 rings (SSSR count). The smallest absolute Gasteiger partial charge is 0.248 e. The van der Waals surface area contributed by atoms with Crippen LogP contribution in [0.25, 0.3) is 0 Å². The van der Waals surface area contributed by atoms with Crippen molar-refractivity contribution < 1.29 is 4.79 Å². The van der Waals surface area contributed by atoms with Gasteiger partial charge in [0.25, 0.3) is 0 Å². The van der Waals surface area contributed by atoms with Gasteiger partial charge in [0.15, 0.2) is 0 Å². The Morgan fingerprint density at radius 1 is 1.00 bits per heavy atom. The maximum absolute atomic E-state index is 11.6. The normalized spacial score (nSPS) is 10.7. The molecule has 0 unspecified atom stereocenters. The Morgan fingerprint density at radius 3 is 2.17 bits per heavy atom. The van der Waals surface area contributed by atoms with Crippen LogP contribution in [0.1, 0.15) is 75.9 Å². The Bertz CT molecular complexity index is 309. The van der Waals surface area contributed by atoms with Crippen molar-refractivity contribution in [3.8, 4) is 0 Å². The molecule has 0 spiro atoms. The SMILES string of the molecule is CCCCCCCCCCCC(=O)n1ccnn1. The third-order valence-electron chi connectivity index (χ3n) is 3.17. The van der Waals surface area contributed by atoms with E-state index < -0.39 is 0 Å². The molecular formula is C14H25N3O. The van der Waals surface area contributed by atoms with Crippen molar-refractivity contribution in [1.29, 1.82) is 0 Å². The highest BCUT2D eigenvalue weighted by Gasteiger charge is 2.04. The van der Waals surface area contributed by atoms with Crippen molar-refractivity contribution >= 4 is 5.91 Å². The van der Waals surface area contributed by atoms with Crippen LogP contribution in [0.15, 0.2) is 12.4 Å². The molecule has 0 aliphatic heterocycles. The first-order valence-corrected chi connectivity index (χ1v) is 7.24. The van der Waals surface area contributed by atoms with Crippen molar-refractivity contribution in [3.05, 3.63) is 12.4 Å². The topological polar surface area (TPSA) is 47.8 Å². The molecule has 0 amide bonds. The number of carbonyl (C=O) groups excluding carboxylic acids is 1. The Hall–Kier alpha value is -1.19. The van der Waals surface area contributed by atoms with Gasteiger partial charge in [-0.1, -0.05) is 63.5 Å². The summed E-state index contributed by atoms with van der Waals surface area (Å²) in [7, 11) is 0. The molecule has 18 heavy (non-hydrogen) atoms. The van der Waals surface area contributed by atoms with Gasteiger partial charge in [0, 0.05) is 6.42 Å². The van der Waals surface area contributed by atoms with Gasteiger partial charge in [-0.05, 0) is 6.42 Å². The van der Waals surface area contributed by atoms with E-state index in [9.17, 15) is 4.79 Å². The van der Waals surface area contributed by atoms with Gasteiger partial charge in [0.05, 0.1) is 12.4 Å². The minimum atomic E-state index is 0.0513. The van der Waals surface area contributed by atoms with E-state index in [0.29, 0.717) is 6.42 Å². The van der Waals surface area contributed by atoms with Crippen molar-refractivity contribution in [2.75, 3.05) is 0 Å². The lowest BCUT2D eigenvalue weighted by molar-refractivity contribution is 0.0880. The zero-order chi connectivity index (χ0) is 13.1. The van der Waals surface area contributed by atoms with Crippen molar-refractivity contribution in [3.63, 3.8) is 0 Å². The molecule has 0 saturated heterocycles. The molecule has 1 heterocycles. The van der Waals surface area contributed by atoms with Gasteiger partial charge in [0.1, 0.15) is 0 Å². The number of hydrogen-bond donors (Lipinski definition) is 0. The average Bonchev–Trinajstić information content (AvgIpc) is 2.90. The summed E-state index contributed by atoms with van der Waals surface area (Å²) in [6, 6.07) is 0. The predicted octanol–water partition coefficient (Wildman–Crippen LogP) is 3.84. The molecule has 0 aliphatic carbocycles. The number of carbonyl (C=O) groups is 1. The number of unbranched alkanes of at least 4 members (excludes halogenated alkanes) is 8. The predicted molar refractivity (Wildman–Crippen MR) is 72.5 cm³/mol. The van der Waals surface area contributed by atoms with Crippen LogP contribution in [-0.4, -0.2) is 20.9 Å². The van der Waals surface area contributed by atoms with E-state index in [1.165, 1.54) is 55.8 Å². The van der Waals surface area contributed by atoms with Gasteiger partial charge in [-0.15, -0.1) is 5.10 Å². The summed E-state index contributed by atoms with van der Waals surface area (Å²) in [5.74, 6) is 0.0513. The third-order valence-corrected chi connectivity index (χ3v) is 3.17. The van der Waals surface area contributed by atoms with Gasteiger partial charge in [-0.2, -0.15) is 4.68 Å². The highest BCUT2D eigenvalue weighted by Crippen LogP contribution is 2.10. The fourth-order valence-corrected chi connectivity index (χ4v) is 2.04. The monoisotopic (exact) mass is 251 g/mol. The van der Waals surface area contributed by atoms with Crippen LogP contribution in [0, 0.1) is 0 Å². The Labute approximate surface area is 110 Å². The second kappa shape index (κ2) is 9.80. The lowest BCUT2D eigenvalue weighted by Crippen LogP contribution is -2.10. The zero-order valence-corrected chi connectivity index (χ0v) is 11.5. The first-order chi connectivity index (χ1) is 8.84. The number of rotatable bonds is 10. The lowest BCUT2D eigenvalue weighted by Gasteiger charge is -2.02. The first-order valence-electron chi connectivity index (χ1n) is 7.24. The molecule has 1 aromatic rings. The summed E-state index contributed by atoms with van der Waals surface area (Å²) in [4.78, 5) is 11.6. The maximum Gasteiger partial charge on any atom is 0.248 e. The maximum atomic E-state index is 11.6. The molecule has 4 heteroatoms. The number of aromatic nitrogens is 3. The second-order valence-corrected chi connectivity index (χ2v) is 4.82. The van der Waals surface area contributed by atoms with E-state index in [1.54, 1.807) is 6.20 Å². The largest absolute Gasteiger partial charge is 0.273 e. The summed E-state index contributed by atoms with van der Waals surface area (Å²) < 4.78 is 1.32. The molecule has 0 saturated carbocycles. The van der Waals surface area contributed by atoms with Crippen LogP contribution in [0.3, 0.4) is 0 Å². The van der Waals surface area contributed by atoms with Gasteiger partial charge in [-0.25, -0.2) is 0 Å². The fraction of sp³-hybridized carbons (Fsp3) is 0.786. The summed E-state index contributed by atoms with van der Waals surface area (Å²) in [5, 5.41) is 7.32. The van der Waals surface area contributed by atoms with Crippen LogP contribution < -0.4 is 0 Å². The van der Waals surface area contributed by atoms with Crippen molar-refractivity contribution in [1.82, 2.24) is 15.0 Å². The minimum absolute atomic E-state index is 0.0513. The van der Waals surface area contributed by atoms with Crippen LogP contribution >= 0.6 is 0 Å². The zero-order valence-electron chi connectivity index (χ0n) is 11.5. The third kappa shape index (κ3) is 6.52. The molecule has 102 valence electrons. The molecular weight excluding hydrogens is 226 g/mol. The fourth-order valence-electron chi connectivity index (χ4n) is 2.04. The van der Waals surface area contributed by atoms with E-state index in [2.05, 4.69) is 17.2 Å². The highest BCUT2D eigenvalue weighted by molar-refractivity contribution is 5.77. The molecule has 0 aliphatic rings. The summed E-state index contributed by atoms with van der Waals surface area (Å²) in [5.41, 5.74) is 0. The Balaban J connectivity index is 1.88. The molecule has 0 fully saturated rings. The van der Waals surface area contributed by atoms with E-state index in [4.69, 9.17) is 0 Å². The molecule has 0 radical (unpaired) electrons. The van der Waals surface area contributed by atoms with Gasteiger partial charge in [-0.3, -0.25) is 4.79 Å². The van der Waals surface area contributed by atoms with Gasteiger partial charge in [0.2, 0.25) is 5.91 Å². The number of nitrogens with zero attached hydrogens (tertiary/aromatic N) is 3. The molecule has 0 N–H and O–H groups in total.